The van der Waals surface area contributed by atoms with Gasteiger partial charge in [-0.05, 0) is 93.5 Å². The molecule has 3 N–H and O–H groups in total. The minimum atomic E-state index is -1.60. The van der Waals surface area contributed by atoms with Crippen LogP contribution in [0.25, 0.3) is 0 Å². The van der Waals surface area contributed by atoms with E-state index in [1.807, 2.05) is 26.0 Å². The predicted molar refractivity (Wildman–Crippen MR) is 210 cm³/mol. The highest BCUT2D eigenvalue weighted by molar-refractivity contribution is 5.98. The maximum Gasteiger partial charge on any atom is 0.329 e. The summed E-state index contributed by atoms with van der Waals surface area (Å²) in [5, 5.41) is 8.11. The van der Waals surface area contributed by atoms with Gasteiger partial charge in [-0.15, -0.1) is 0 Å². The SMILES string of the molecule is CCc1ccc(CC(=O)N[C@@H](Cc2cc(F)cc(F)c2)C(=O)N[C@@H]2C(=O)N3CCC[C@H]3C(=O)N3CCCC[C@H]3C(=O)N[C@@H](C)C(=O)N3C[C@H](C)C[C@H]3C(=O)O[C@H]2C)cc1. The summed E-state index contributed by atoms with van der Waals surface area (Å²) >= 11 is 0. The number of carbonyl (C=O) groups excluding carboxylic acids is 7. The summed E-state index contributed by atoms with van der Waals surface area (Å²) in [5.41, 5.74) is 1.77. The minimum Gasteiger partial charge on any atom is -0.458 e. The number of ether oxygens (including phenoxy) is 1. The molecule has 2 aromatic rings. The molecule has 0 unspecified atom stereocenters. The van der Waals surface area contributed by atoms with E-state index in [1.165, 1.54) is 28.5 Å². The number of cyclic esters (lactones) is 1. The monoisotopic (exact) mass is 820 g/mol. The number of amides is 6. The van der Waals surface area contributed by atoms with E-state index in [2.05, 4.69) is 16.0 Å². The van der Waals surface area contributed by atoms with E-state index >= 15 is 0 Å². The second-order valence-electron chi connectivity index (χ2n) is 16.4. The van der Waals surface area contributed by atoms with Gasteiger partial charge in [0.25, 0.3) is 0 Å². The summed E-state index contributed by atoms with van der Waals surface area (Å²) in [5.74, 6) is -6.39. The van der Waals surface area contributed by atoms with E-state index in [9.17, 15) is 42.3 Å². The molecule has 0 radical (unpaired) electrons. The quantitative estimate of drug-likeness (QED) is 0.341. The molecule has 8 atom stereocenters. The molecule has 0 aromatic heterocycles. The van der Waals surface area contributed by atoms with Crippen molar-refractivity contribution < 1.29 is 47.1 Å². The fourth-order valence-electron chi connectivity index (χ4n) is 8.72. The fraction of sp³-hybridized carbons (Fsp3) is 0.558. The third-order valence-electron chi connectivity index (χ3n) is 11.8. The van der Waals surface area contributed by atoms with Crippen LogP contribution in [0.15, 0.2) is 42.5 Å². The molecular weight excluding hydrogens is 767 g/mol. The lowest BCUT2D eigenvalue weighted by Gasteiger charge is -2.39. The molecule has 2 aromatic carbocycles. The molecule has 4 fully saturated rings. The van der Waals surface area contributed by atoms with E-state index in [0.717, 1.165) is 24.1 Å². The standard InChI is InChI=1S/C43H54F2N6O8/c1-5-27-11-13-28(14-12-27)21-36(52)47-32(20-29-18-30(44)22-31(45)19-29)38(53)48-37-26(4)59-43(58)35-17-24(2)23-51(35)40(55)25(3)46-39(54)33-9-6-7-15-49(33)41(56)34-10-8-16-50(34)42(37)57/h11-14,18-19,22,24-26,32-35,37H,5-10,15-17,20-21,23H2,1-4H3,(H,46,54)(H,47,52)(H,48,53)/t24-,25+,26+,32+,33+,34+,35+,37+/m1/s1. The lowest BCUT2D eigenvalue weighted by molar-refractivity contribution is -0.163. The maximum atomic E-state index is 14.7. The number of halogens is 2. The fourth-order valence-corrected chi connectivity index (χ4v) is 8.72. The van der Waals surface area contributed by atoms with Crippen molar-refractivity contribution in [2.45, 2.75) is 128 Å². The average molecular weight is 821 g/mol. The van der Waals surface area contributed by atoms with Crippen LogP contribution in [0.5, 0.6) is 0 Å². The Morgan fingerprint density at radius 2 is 1.44 bits per heavy atom. The van der Waals surface area contributed by atoms with Gasteiger partial charge in [-0.1, -0.05) is 38.1 Å². The first-order chi connectivity index (χ1) is 28.1. The molecule has 4 aliphatic heterocycles. The zero-order chi connectivity index (χ0) is 42.5. The van der Waals surface area contributed by atoms with Crippen LogP contribution in [0.3, 0.4) is 0 Å². The van der Waals surface area contributed by atoms with Crippen molar-refractivity contribution in [3.8, 4) is 0 Å². The number of piperidine rings is 1. The smallest absolute Gasteiger partial charge is 0.329 e. The van der Waals surface area contributed by atoms with Crippen molar-refractivity contribution in [3.63, 3.8) is 0 Å². The van der Waals surface area contributed by atoms with Crippen molar-refractivity contribution in [1.82, 2.24) is 30.7 Å². The Balaban J connectivity index is 1.33. The van der Waals surface area contributed by atoms with Gasteiger partial charge < -0.3 is 35.4 Å². The molecule has 0 aliphatic carbocycles. The highest BCUT2D eigenvalue weighted by atomic mass is 19.1. The Labute approximate surface area is 342 Å². The molecule has 0 spiro atoms. The normalized spacial score (nSPS) is 27.3. The molecule has 4 heterocycles. The molecule has 16 heteroatoms. The van der Waals surface area contributed by atoms with Gasteiger partial charge in [0.05, 0.1) is 6.42 Å². The minimum absolute atomic E-state index is 0.0544. The second-order valence-corrected chi connectivity index (χ2v) is 16.4. The zero-order valence-corrected chi connectivity index (χ0v) is 34.0. The van der Waals surface area contributed by atoms with Gasteiger partial charge in [0.2, 0.25) is 35.4 Å². The van der Waals surface area contributed by atoms with Gasteiger partial charge in [0.15, 0.2) is 0 Å². The van der Waals surface area contributed by atoms with Crippen LogP contribution in [-0.2, 0) is 57.6 Å². The number of rotatable bonds is 8. The Bertz CT molecular complexity index is 1930. The van der Waals surface area contributed by atoms with Gasteiger partial charge >= 0.3 is 5.97 Å². The highest BCUT2D eigenvalue weighted by Crippen LogP contribution is 2.29. The summed E-state index contributed by atoms with van der Waals surface area (Å²) in [6.45, 7) is 7.42. The van der Waals surface area contributed by atoms with Gasteiger partial charge in [-0.25, -0.2) is 13.6 Å². The van der Waals surface area contributed by atoms with Crippen LogP contribution >= 0.6 is 0 Å². The number of benzene rings is 2. The first-order valence-corrected chi connectivity index (χ1v) is 20.7. The van der Waals surface area contributed by atoms with E-state index < -0.39 is 95.4 Å². The first kappa shape index (κ1) is 43.2. The molecular formula is C43H54F2N6O8. The number of carbonyl (C=O) groups is 7. The van der Waals surface area contributed by atoms with Crippen LogP contribution in [-0.4, -0.2) is 118 Å². The molecule has 14 nitrogen and oxygen atoms in total. The van der Waals surface area contributed by atoms with Gasteiger partial charge in [0.1, 0.15) is 54.0 Å². The van der Waals surface area contributed by atoms with Crippen LogP contribution < -0.4 is 16.0 Å². The van der Waals surface area contributed by atoms with Crippen molar-refractivity contribution in [2.24, 2.45) is 5.92 Å². The Morgan fingerprint density at radius 3 is 2.14 bits per heavy atom. The molecule has 0 saturated carbocycles. The summed E-state index contributed by atoms with van der Waals surface area (Å²) in [4.78, 5) is 102. The molecule has 59 heavy (non-hydrogen) atoms. The van der Waals surface area contributed by atoms with Crippen molar-refractivity contribution in [1.29, 1.82) is 0 Å². The van der Waals surface area contributed by atoms with Crippen molar-refractivity contribution in [3.05, 3.63) is 70.8 Å². The number of fused-ring (bicyclic) bond motifs is 3. The third kappa shape index (κ3) is 10.1. The first-order valence-electron chi connectivity index (χ1n) is 20.7. The Morgan fingerprint density at radius 1 is 0.797 bits per heavy atom. The molecule has 318 valence electrons. The van der Waals surface area contributed by atoms with Crippen molar-refractivity contribution >= 4 is 41.4 Å². The summed E-state index contributed by atoms with van der Waals surface area (Å²) in [6.07, 6.45) is 1.58. The molecule has 4 saturated heterocycles. The van der Waals surface area contributed by atoms with Gasteiger partial charge in [-0.3, -0.25) is 28.8 Å². The Hall–Kier alpha value is -5.41. The lowest BCUT2D eigenvalue weighted by atomic mass is 9.99. The van der Waals surface area contributed by atoms with Crippen LogP contribution in [0, 0.1) is 17.6 Å². The summed E-state index contributed by atoms with van der Waals surface area (Å²) in [6, 6.07) is 3.08. The Kier molecular flexibility index (Phi) is 13.7. The van der Waals surface area contributed by atoms with Crippen LogP contribution in [0.2, 0.25) is 0 Å². The zero-order valence-electron chi connectivity index (χ0n) is 34.0. The number of hydrogen-bond donors (Lipinski definition) is 3. The third-order valence-corrected chi connectivity index (χ3v) is 11.8. The highest BCUT2D eigenvalue weighted by Gasteiger charge is 2.47. The van der Waals surface area contributed by atoms with Gasteiger partial charge in [0, 0.05) is 32.1 Å². The van der Waals surface area contributed by atoms with Crippen molar-refractivity contribution in [2.75, 3.05) is 19.6 Å². The van der Waals surface area contributed by atoms with E-state index in [-0.39, 0.29) is 56.8 Å². The van der Waals surface area contributed by atoms with E-state index in [0.29, 0.717) is 37.3 Å². The summed E-state index contributed by atoms with van der Waals surface area (Å²) in [7, 11) is 0. The van der Waals surface area contributed by atoms with Gasteiger partial charge in [-0.2, -0.15) is 0 Å². The number of esters is 1. The lowest BCUT2D eigenvalue weighted by Crippen LogP contribution is -2.63. The maximum absolute atomic E-state index is 14.7. The number of hydrogen-bond acceptors (Lipinski definition) is 8. The molecule has 6 amide bonds. The second kappa shape index (κ2) is 18.7. The summed E-state index contributed by atoms with van der Waals surface area (Å²) < 4.78 is 34.6. The number of nitrogens with one attached hydrogen (secondary N) is 3. The largest absolute Gasteiger partial charge is 0.458 e. The predicted octanol–water partition coefficient (Wildman–Crippen LogP) is 2.34. The number of nitrogens with zero attached hydrogens (tertiary/aromatic N) is 3. The number of aryl methyl sites for hydroxylation is 1. The molecule has 4 aliphatic rings. The molecule has 0 bridgehead atoms. The van der Waals surface area contributed by atoms with Crippen LogP contribution in [0.1, 0.15) is 82.9 Å². The average Bonchev–Trinajstić information content (AvgIpc) is 3.85. The van der Waals surface area contributed by atoms with E-state index in [4.69, 9.17) is 4.74 Å². The topological polar surface area (TPSA) is 175 Å². The van der Waals surface area contributed by atoms with Crippen LogP contribution in [0.4, 0.5) is 8.78 Å². The molecule has 6 rings (SSSR count). The van der Waals surface area contributed by atoms with E-state index in [1.54, 1.807) is 12.1 Å².